The normalized spacial score (nSPS) is 13.4. The van der Waals surface area contributed by atoms with Crippen molar-refractivity contribution in [3.05, 3.63) is 63.1 Å². The van der Waals surface area contributed by atoms with E-state index in [4.69, 9.17) is 0 Å². The molecule has 1 aromatic carbocycles. The Balaban J connectivity index is 1.73. The van der Waals surface area contributed by atoms with Crippen LogP contribution in [0.3, 0.4) is 0 Å². The molecule has 3 N–H and O–H groups in total. The summed E-state index contributed by atoms with van der Waals surface area (Å²) >= 11 is 0. The summed E-state index contributed by atoms with van der Waals surface area (Å²) in [7, 11) is 1.74. The zero-order valence-electron chi connectivity index (χ0n) is 17.4. The van der Waals surface area contributed by atoms with Gasteiger partial charge >= 0.3 is 0 Å². The Bertz CT molecular complexity index is 1080. The van der Waals surface area contributed by atoms with Crippen molar-refractivity contribution >= 4 is 16.9 Å². The number of aliphatic hydroxyl groups is 1. The number of amides is 1. The van der Waals surface area contributed by atoms with Crippen LogP contribution in [0, 0.1) is 19.3 Å². The Morgan fingerprint density at radius 1 is 1.28 bits per heavy atom. The van der Waals surface area contributed by atoms with Crippen molar-refractivity contribution in [2.75, 3.05) is 13.2 Å². The number of carbonyl (C=O) groups excluding carboxylic acids is 1. The quantitative estimate of drug-likeness (QED) is 0.567. The maximum Gasteiger partial charge on any atom is 0.273 e. The van der Waals surface area contributed by atoms with Gasteiger partial charge in [0, 0.05) is 24.7 Å². The summed E-state index contributed by atoms with van der Waals surface area (Å²) in [6, 6.07) is 9.91. The minimum atomic E-state index is -0.458. The van der Waals surface area contributed by atoms with Crippen molar-refractivity contribution in [1.29, 1.82) is 0 Å². The summed E-state index contributed by atoms with van der Waals surface area (Å²) < 4.78 is 1.60. The van der Waals surface area contributed by atoms with E-state index in [-0.39, 0.29) is 24.5 Å². The van der Waals surface area contributed by atoms with Crippen LogP contribution in [0.25, 0.3) is 11.0 Å². The van der Waals surface area contributed by atoms with Gasteiger partial charge in [-0.25, -0.2) is 4.98 Å². The average Bonchev–Trinajstić information content (AvgIpc) is 2.97. The number of benzene rings is 1. The number of hydrogen-bond donors (Lipinski definition) is 3. The number of H-pyrrole nitrogens is 1. The minimum Gasteiger partial charge on any atom is -0.396 e. The van der Waals surface area contributed by atoms with Crippen molar-refractivity contribution < 1.29 is 9.90 Å². The molecule has 0 bridgehead atoms. The molecule has 0 fully saturated rings. The van der Waals surface area contributed by atoms with Crippen LogP contribution in [0.4, 0.5) is 0 Å². The second-order valence-electron chi connectivity index (χ2n) is 8.08. The van der Waals surface area contributed by atoms with Gasteiger partial charge in [0.15, 0.2) is 5.65 Å². The summed E-state index contributed by atoms with van der Waals surface area (Å²) in [6.45, 7) is 5.97. The standard InChI is InChI=1S/C22H28N4O3/c1-14-17(15(2)24-20-19(14)21(29)25-26(20)4)10-18(28)23-12-22(3,13-27)11-16-8-6-5-7-9-16/h5-9,27H,10-13H2,1-4H3,(H,23,28)(H,25,29)/t22-/m1/s1. The lowest BCUT2D eigenvalue weighted by molar-refractivity contribution is -0.121. The number of nitrogens with one attached hydrogen (secondary N) is 2. The number of carbonyl (C=O) groups is 1. The molecular weight excluding hydrogens is 368 g/mol. The molecule has 0 saturated carbocycles. The Hall–Kier alpha value is -2.93. The molecule has 1 amide bonds. The maximum atomic E-state index is 12.6. The predicted octanol–water partition coefficient (Wildman–Crippen LogP) is 1.78. The molecule has 2 heterocycles. The smallest absolute Gasteiger partial charge is 0.273 e. The molecular formula is C22H28N4O3. The highest BCUT2D eigenvalue weighted by Crippen LogP contribution is 2.22. The first-order valence-electron chi connectivity index (χ1n) is 9.70. The van der Waals surface area contributed by atoms with Gasteiger partial charge in [-0.15, -0.1) is 0 Å². The maximum absolute atomic E-state index is 12.6. The zero-order chi connectivity index (χ0) is 21.2. The van der Waals surface area contributed by atoms with Crippen LogP contribution in [0.15, 0.2) is 35.1 Å². The molecule has 0 spiro atoms. The second kappa shape index (κ2) is 8.21. The Morgan fingerprint density at radius 3 is 2.62 bits per heavy atom. The number of pyridine rings is 1. The number of aryl methyl sites for hydroxylation is 3. The molecule has 0 unspecified atom stereocenters. The summed E-state index contributed by atoms with van der Waals surface area (Å²) in [5.41, 5.74) is 3.31. The summed E-state index contributed by atoms with van der Waals surface area (Å²) in [6.07, 6.45) is 0.803. The fourth-order valence-corrected chi connectivity index (χ4v) is 3.71. The lowest BCUT2D eigenvalue weighted by atomic mass is 9.84. The molecule has 7 heteroatoms. The molecule has 0 aliphatic carbocycles. The third-order valence-electron chi connectivity index (χ3n) is 5.48. The van der Waals surface area contributed by atoms with E-state index >= 15 is 0 Å². The highest BCUT2D eigenvalue weighted by molar-refractivity contribution is 5.84. The number of hydrogen-bond acceptors (Lipinski definition) is 4. The van der Waals surface area contributed by atoms with Crippen LogP contribution in [0.5, 0.6) is 0 Å². The summed E-state index contributed by atoms with van der Waals surface area (Å²) in [5, 5.41) is 16.1. The fraction of sp³-hybridized carbons (Fsp3) is 0.409. The van der Waals surface area contributed by atoms with Gasteiger partial charge in [-0.3, -0.25) is 19.4 Å². The largest absolute Gasteiger partial charge is 0.396 e. The topological polar surface area (TPSA) is 100 Å². The monoisotopic (exact) mass is 396 g/mol. The van der Waals surface area contributed by atoms with E-state index in [1.165, 1.54) is 0 Å². The molecule has 0 radical (unpaired) electrons. The van der Waals surface area contributed by atoms with Crippen molar-refractivity contribution in [2.45, 2.75) is 33.6 Å². The van der Waals surface area contributed by atoms with E-state index in [9.17, 15) is 14.7 Å². The highest BCUT2D eigenvalue weighted by atomic mass is 16.3. The van der Waals surface area contributed by atoms with Crippen molar-refractivity contribution in [2.24, 2.45) is 12.5 Å². The lowest BCUT2D eigenvalue weighted by Crippen LogP contribution is -2.40. The molecule has 3 aromatic rings. The number of nitrogens with zero attached hydrogens (tertiary/aromatic N) is 2. The highest BCUT2D eigenvalue weighted by Gasteiger charge is 2.25. The van der Waals surface area contributed by atoms with Crippen molar-refractivity contribution in [3.63, 3.8) is 0 Å². The third-order valence-corrected chi connectivity index (χ3v) is 5.48. The van der Waals surface area contributed by atoms with Gasteiger partial charge in [-0.2, -0.15) is 0 Å². The van der Waals surface area contributed by atoms with Crippen LogP contribution < -0.4 is 10.9 Å². The van der Waals surface area contributed by atoms with E-state index in [1.807, 2.05) is 51.1 Å². The average molecular weight is 396 g/mol. The first kappa shape index (κ1) is 20.8. The van der Waals surface area contributed by atoms with Crippen LogP contribution in [0.2, 0.25) is 0 Å². The van der Waals surface area contributed by atoms with Crippen molar-refractivity contribution in [3.8, 4) is 0 Å². The molecule has 0 aliphatic heterocycles. The van der Waals surface area contributed by atoms with E-state index in [0.717, 1.165) is 22.4 Å². The van der Waals surface area contributed by atoms with E-state index in [1.54, 1.807) is 11.7 Å². The van der Waals surface area contributed by atoms with Gasteiger partial charge in [0.1, 0.15) is 0 Å². The van der Waals surface area contributed by atoms with Gasteiger partial charge < -0.3 is 10.4 Å². The van der Waals surface area contributed by atoms with Gasteiger partial charge in [0.25, 0.3) is 5.56 Å². The number of aromatic nitrogens is 3. The minimum absolute atomic E-state index is 0.0346. The van der Waals surface area contributed by atoms with Gasteiger partial charge in [0.2, 0.25) is 5.91 Å². The second-order valence-corrected chi connectivity index (χ2v) is 8.08. The Kier molecular flexibility index (Phi) is 5.88. The SMILES string of the molecule is Cc1nc2c(c(C)c1CC(=O)NC[C@](C)(CO)Cc1ccccc1)c(=O)[nH]n2C. The molecule has 0 saturated heterocycles. The number of fused-ring (bicyclic) bond motifs is 1. The predicted molar refractivity (Wildman–Crippen MR) is 113 cm³/mol. The van der Waals surface area contributed by atoms with Crippen LogP contribution >= 0.6 is 0 Å². The fourth-order valence-electron chi connectivity index (χ4n) is 3.71. The molecule has 154 valence electrons. The summed E-state index contributed by atoms with van der Waals surface area (Å²) in [5.74, 6) is -0.155. The first-order chi connectivity index (χ1) is 13.7. The number of rotatable bonds is 7. The third kappa shape index (κ3) is 4.40. The van der Waals surface area contributed by atoms with Crippen molar-refractivity contribution in [1.82, 2.24) is 20.1 Å². The van der Waals surface area contributed by atoms with Gasteiger partial charge in [-0.1, -0.05) is 37.3 Å². The van der Waals surface area contributed by atoms with E-state index < -0.39 is 5.41 Å². The molecule has 29 heavy (non-hydrogen) atoms. The molecule has 3 rings (SSSR count). The van der Waals surface area contributed by atoms with E-state index in [0.29, 0.717) is 24.0 Å². The number of aliphatic hydroxyl groups excluding tert-OH is 1. The zero-order valence-corrected chi connectivity index (χ0v) is 17.4. The van der Waals surface area contributed by atoms with Crippen LogP contribution in [-0.2, 0) is 24.7 Å². The Labute approximate surface area is 169 Å². The first-order valence-corrected chi connectivity index (χ1v) is 9.70. The summed E-state index contributed by atoms with van der Waals surface area (Å²) in [4.78, 5) is 29.3. The van der Waals surface area contributed by atoms with Gasteiger partial charge in [0.05, 0.1) is 18.4 Å². The molecule has 0 aliphatic rings. The molecule has 1 atom stereocenters. The Morgan fingerprint density at radius 2 is 1.97 bits per heavy atom. The lowest BCUT2D eigenvalue weighted by Gasteiger charge is -2.28. The molecule has 7 nitrogen and oxygen atoms in total. The van der Waals surface area contributed by atoms with E-state index in [2.05, 4.69) is 15.4 Å². The molecule has 2 aromatic heterocycles. The van der Waals surface area contributed by atoms with Crippen LogP contribution in [-0.4, -0.2) is 38.9 Å². The number of aromatic amines is 1. The van der Waals surface area contributed by atoms with Gasteiger partial charge in [-0.05, 0) is 37.0 Å². The van der Waals surface area contributed by atoms with Crippen LogP contribution in [0.1, 0.15) is 29.3 Å².